The van der Waals surface area contributed by atoms with Gasteiger partial charge in [0.25, 0.3) is 5.91 Å². The first-order valence-electron chi connectivity index (χ1n) is 4.56. The van der Waals surface area contributed by atoms with Crippen LogP contribution in [-0.2, 0) is 0 Å². The van der Waals surface area contributed by atoms with Crippen molar-refractivity contribution in [3.05, 3.63) is 54.4 Å². The monoisotopic (exact) mass is 201 g/mol. The van der Waals surface area contributed by atoms with Crippen LogP contribution in [0.3, 0.4) is 0 Å². The minimum Gasteiger partial charge on any atom is -0.312 e. The zero-order chi connectivity index (χ0) is 10.7. The predicted molar refractivity (Wildman–Crippen MR) is 57.4 cm³/mol. The Morgan fingerprint density at radius 3 is 2.53 bits per heavy atom. The van der Waals surface area contributed by atoms with E-state index in [9.17, 15) is 4.79 Å². The van der Waals surface area contributed by atoms with Crippen LogP contribution >= 0.6 is 0 Å². The van der Waals surface area contributed by atoms with E-state index in [1.807, 2.05) is 36.5 Å². The van der Waals surface area contributed by atoms with Gasteiger partial charge >= 0.3 is 0 Å². The van der Waals surface area contributed by atoms with Gasteiger partial charge in [-0.1, -0.05) is 18.2 Å². The third kappa shape index (κ3) is 1.75. The van der Waals surface area contributed by atoms with Crippen molar-refractivity contribution < 1.29 is 4.79 Å². The summed E-state index contributed by atoms with van der Waals surface area (Å²) in [5.41, 5.74) is 3.57. The Bertz CT molecular complexity index is 462. The van der Waals surface area contributed by atoms with Gasteiger partial charge in [0.15, 0.2) is 0 Å². The maximum Gasteiger partial charge on any atom is 0.282 e. The molecule has 1 heterocycles. The fourth-order valence-corrected chi connectivity index (χ4v) is 1.45. The standard InChI is InChI=1S/C11H11N3O/c12-13-11(15)10-7-4-8-14(10)9-5-2-1-3-6-9/h1-8H,12H2,(H,13,15). The second kappa shape index (κ2) is 3.98. The van der Waals surface area contributed by atoms with E-state index in [-0.39, 0.29) is 5.91 Å². The molecule has 0 aliphatic carbocycles. The van der Waals surface area contributed by atoms with Gasteiger partial charge in [-0.3, -0.25) is 10.2 Å². The number of carbonyl (C=O) groups excluding carboxylic acids is 1. The van der Waals surface area contributed by atoms with Crippen molar-refractivity contribution in [3.8, 4) is 5.69 Å². The molecule has 4 heteroatoms. The van der Waals surface area contributed by atoms with Crippen molar-refractivity contribution in [1.82, 2.24) is 9.99 Å². The molecule has 0 aliphatic rings. The van der Waals surface area contributed by atoms with E-state index < -0.39 is 0 Å². The fourth-order valence-electron chi connectivity index (χ4n) is 1.45. The summed E-state index contributed by atoms with van der Waals surface area (Å²) in [7, 11) is 0. The maximum atomic E-state index is 11.4. The van der Waals surface area contributed by atoms with Gasteiger partial charge in [0.05, 0.1) is 0 Å². The fraction of sp³-hybridized carbons (Fsp3) is 0. The van der Waals surface area contributed by atoms with E-state index in [1.54, 1.807) is 16.7 Å². The number of para-hydroxylation sites is 1. The van der Waals surface area contributed by atoms with Gasteiger partial charge in [-0.15, -0.1) is 0 Å². The van der Waals surface area contributed by atoms with Gasteiger partial charge < -0.3 is 4.57 Å². The number of nitrogen functional groups attached to an aromatic ring is 1. The molecule has 0 unspecified atom stereocenters. The second-order valence-electron chi connectivity index (χ2n) is 3.07. The highest BCUT2D eigenvalue weighted by molar-refractivity contribution is 5.92. The maximum absolute atomic E-state index is 11.4. The van der Waals surface area contributed by atoms with Crippen LogP contribution < -0.4 is 11.3 Å². The predicted octanol–water partition coefficient (Wildman–Crippen LogP) is 1.08. The molecule has 3 N–H and O–H groups in total. The van der Waals surface area contributed by atoms with E-state index in [0.717, 1.165) is 5.69 Å². The van der Waals surface area contributed by atoms with Crippen molar-refractivity contribution in [2.45, 2.75) is 0 Å². The minimum absolute atomic E-state index is 0.302. The Morgan fingerprint density at radius 1 is 1.13 bits per heavy atom. The van der Waals surface area contributed by atoms with E-state index in [4.69, 9.17) is 5.84 Å². The summed E-state index contributed by atoms with van der Waals surface area (Å²) >= 11 is 0. The zero-order valence-electron chi connectivity index (χ0n) is 8.05. The van der Waals surface area contributed by atoms with Gasteiger partial charge in [0.1, 0.15) is 5.69 Å². The van der Waals surface area contributed by atoms with Crippen LogP contribution in [0.1, 0.15) is 10.5 Å². The number of hydrogen-bond acceptors (Lipinski definition) is 2. The average Bonchev–Trinajstić information content (AvgIpc) is 2.78. The largest absolute Gasteiger partial charge is 0.312 e. The molecule has 1 aromatic carbocycles. The number of carbonyl (C=O) groups is 1. The summed E-state index contributed by atoms with van der Waals surface area (Å²) in [4.78, 5) is 11.4. The quantitative estimate of drug-likeness (QED) is 0.434. The van der Waals surface area contributed by atoms with E-state index in [1.165, 1.54) is 0 Å². The zero-order valence-corrected chi connectivity index (χ0v) is 8.05. The SMILES string of the molecule is NNC(=O)c1cccn1-c1ccccc1. The highest BCUT2D eigenvalue weighted by Gasteiger charge is 2.09. The van der Waals surface area contributed by atoms with Crippen LogP contribution in [0.15, 0.2) is 48.7 Å². The van der Waals surface area contributed by atoms with Crippen LogP contribution in [-0.4, -0.2) is 10.5 Å². The van der Waals surface area contributed by atoms with Gasteiger partial charge in [0.2, 0.25) is 0 Å². The van der Waals surface area contributed by atoms with Gasteiger partial charge in [-0.2, -0.15) is 0 Å². The second-order valence-corrected chi connectivity index (χ2v) is 3.07. The summed E-state index contributed by atoms with van der Waals surface area (Å²) in [6.45, 7) is 0. The third-order valence-corrected chi connectivity index (χ3v) is 2.15. The van der Waals surface area contributed by atoms with Crippen molar-refractivity contribution in [3.63, 3.8) is 0 Å². The summed E-state index contributed by atoms with van der Waals surface area (Å²) in [6.07, 6.45) is 1.82. The van der Waals surface area contributed by atoms with Crippen LogP contribution in [0, 0.1) is 0 Å². The van der Waals surface area contributed by atoms with Crippen LogP contribution in [0.2, 0.25) is 0 Å². The smallest absolute Gasteiger partial charge is 0.282 e. The number of amides is 1. The van der Waals surface area contributed by atoms with Crippen LogP contribution in [0.4, 0.5) is 0 Å². The van der Waals surface area contributed by atoms with E-state index >= 15 is 0 Å². The lowest BCUT2D eigenvalue weighted by atomic mass is 10.3. The van der Waals surface area contributed by atoms with Crippen LogP contribution in [0.25, 0.3) is 5.69 Å². The normalized spacial score (nSPS) is 9.93. The highest BCUT2D eigenvalue weighted by Crippen LogP contribution is 2.11. The number of aromatic nitrogens is 1. The Balaban J connectivity index is 2.46. The average molecular weight is 201 g/mol. The number of benzene rings is 1. The molecule has 0 aliphatic heterocycles. The van der Waals surface area contributed by atoms with Gasteiger partial charge in [0, 0.05) is 11.9 Å². The number of nitrogens with one attached hydrogen (secondary N) is 1. The Kier molecular flexibility index (Phi) is 2.51. The lowest BCUT2D eigenvalue weighted by Gasteiger charge is -2.07. The molecular formula is C11H11N3O. The molecule has 2 rings (SSSR count). The third-order valence-electron chi connectivity index (χ3n) is 2.15. The summed E-state index contributed by atoms with van der Waals surface area (Å²) < 4.78 is 1.78. The van der Waals surface area contributed by atoms with Crippen molar-refractivity contribution in [1.29, 1.82) is 0 Å². The molecule has 0 spiro atoms. The number of nitrogens with zero attached hydrogens (tertiary/aromatic N) is 1. The molecule has 0 saturated carbocycles. The lowest BCUT2D eigenvalue weighted by molar-refractivity contribution is 0.0947. The Morgan fingerprint density at radius 2 is 1.87 bits per heavy atom. The Labute approximate surface area is 87.3 Å². The molecule has 0 radical (unpaired) electrons. The number of rotatable bonds is 2. The molecule has 1 amide bonds. The van der Waals surface area contributed by atoms with Crippen molar-refractivity contribution in [2.24, 2.45) is 5.84 Å². The summed E-state index contributed by atoms with van der Waals surface area (Å²) in [5.74, 6) is 4.80. The molecule has 0 bridgehead atoms. The molecule has 76 valence electrons. The first kappa shape index (κ1) is 9.48. The number of nitrogens with two attached hydrogens (primary N) is 1. The number of hydrazine groups is 1. The molecule has 2 aromatic rings. The molecule has 4 nitrogen and oxygen atoms in total. The van der Waals surface area contributed by atoms with Crippen molar-refractivity contribution in [2.75, 3.05) is 0 Å². The van der Waals surface area contributed by atoms with Gasteiger partial charge in [-0.25, -0.2) is 5.84 Å². The molecule has 0 saturated heterocycles. The summed E-state index contributed by atoms with van der Waals surface area (Å²) in [5, 5.41) is 0. The van der Waals surface area contributed by atoms with Crippen LogP contribution in [0.5, 0.6) is 0 Å². The van der Waals surface area contributed by atoms with Crippen molar-refractivity contribution >= 4 is 5.91 Å². The minimum atomic E-state index is -0.302. The first-order chi connectivity index (χ1) is 7.33. The molecule has 15 heavy (non-hydrogen) atoms. The summed E-state index contributed by atoms with van der Waals surface area (Å²) in [6, 6.07) is 13.1. The molecule has 1 aromatic heterocycles. The highest BCUT2D eigenvalue weighted by atomic mass is 16.2. The van der Waals surface area contributed by atoms with E-state index in [0.29, 0.717) is 5.69 Å². The first-order valence-corrected chi connectivity index (χ1v) is 4.56. The topological polar surface area (TPSA) is 60.0 Å². The Hall–Kier alpha value is -2.07. The molecule has 0 atom stereocenters. The van der Waals surface area contributed by atoms with Gasteiger partial charge in [-0.05, 0) is 24.3 Å². The number of hydrogen-bond donors (Lipinski definition) is 2. The molecular weight excluding hydrogens is 190 g/mol. The van der Waals surface area contributed by atoms with E-state index in [2.05, 4.69) is 5.43 Å². The lowest BCUT2D eigenvalue weighted by Crippen LogP contribution is -2.31. The molecule has 0 fully saturated rings.